The molecule has 2 aromatic rings. The quantitative estimate of drug-likeness (QED) is 0.836. The molecule has 1 aliphatic heterocycles. The van der Waals surface area contributed by atoms with Crippen LogP contribution in [0.4, 0.5) is 5.69 Å². The number of aromatic nitrogens is 3. The molecule has 7 nitrogen and oxygen atoms in total. The predicted octanol–water partition coefficient (Wildman–Crippen LogP) is 2.27. The van der Waals surface area contributed by atoms with Crippen LogP contribution in [0.2, 0.25) is 0 Å². The van der Waals surface area contributed by atoms with Gasteiger partial charge in [0.05, 0.1) is 24.1 Å². The topological polar surface area (TPSA) is 67.2 Å². The molecular weight excluding hydrogens is 316 g/mol. The van der Waals surface area contributed by atoms with Gasteiger partial charge < -0.3 is 15.5 Å². The summed E-state index contributed by atoms with van der Waals surface area (Å²) in [5, 5.41) is 8.39. The van der Waals surface area contributed by atoms with Crippen LogP contribution in [0.1, 0.15) is 4.11 Å². The number of hydrogen-bond acceptors (Lipinski definition) is 6. The number of benzene rings is 1. The van der Waals surface area contributed by atoms with Gasteiger partial charge in [0.25, 0.3) is 0 Å². The minimum Gasteiger partial charge on any atom is -0.494 e. The van der Waals surface area contributed by atoms with E-state index in [1.807, 2.05) is 18.2 Å². The summed E-state index contributed by atoms with van der Waals surface area (Å²) in [5.74, 6) is 1.09. The van der Waals surface area contributed by atoms with Crippen molar-refractivity contribution >= 4 is 17.3 Å². The van der Waals surface area contributed by atoms with E-state index in [-0.39, 0.29) is 5.16 Å². The highest BCUT2D eigenvalue weighted by Gasteiger charge is 2.15. The van der Waals surface area contributed by atoms with Gasteiger partial charge in [-0.3, -0.25) is 9.69 Å². The number of para-hydroxylation sites is 1. The van der Waals surface area contributed by atoms with E-state index in [4.69, 9.17) is 20.5 Å². The first-order valence-corrected chi connectivity index (χ1v) is 7.11. The van der Waals surface area contributed by atoms with E-state index in [1.165, 1.54) is 12.3 Å². The maximum atomic E-state index is 7.42. The van der Waals surface area contributed by atoms with Crippen molar-refractivity contribution in [3.05, 3.63) is 47.7 Å². The molecule has 1 aliphatic rings. The van der Waals surface area contributed by atoms with Crippen molar-refractivity contribution in [1.82, 2.24) is 25.2 Å². The molecule has 0 amide bonds. The molecule has 0 aliphatic carbocycles. The smallest absolute Gasteiger partial charge is 0.184 e. The van der Waals surface area contributed by atoms with Crippen LogP contribution in [0.3, 0.4) is 0 Å². The summed E-state index contributed by atoms with van der Waals surface area (Å²) in [6, 6.07) is 5.52. The van der Waals surface area contributed by atoms with Crippen molar-refractivity contribution < 1.29 is 8.85 Å². The molecule has 2 N–H and O–H groups in total. The molecule has 23 heavy (non-hydrogen) atoms. The molecule has 8 heteroatoms. The SMILES string of the molecule is [2H]C([2H])([2H])N1NC=C(Nc2cccc(-c3ncn(C)n3)c2OC)C=C1Cl. The van der Waals surface area contributed by atoms with Crippen LogP contribution in [-0.2, 0) is 7.05 Å². The van der Waals surface area contributed by atoms with Gasteiger partial charge in [0, 0.05) is 24.3 Å². The highest BCUT2D eigenvalue weighted by atomic mass is 35.5. The van der Waals surface area contributed by atoms with E-state index in [2.05, 4.69) is 20.8 Å². The number of anilines is 1. The summed E-state index contributed by atoms with van der Waals surface area (Å²) < 4.78 is 29.4. The number of halogens is 1. The number of aryl methyl sites for hydroxylation is 1. The van der Waals surface area contributed by atoms with Gasteiger partial charge in [0.15, 0.2) is 11.6 Å². The zero-order valence-electron chi connectivity index (χ0n) is 15.5. The average Bonchev–Trinajstić information content (AvgIpc) is 3.00. The van der Waals surface area contributed by atoms with Crippen LogP contribution in [0.15, 0.2) is 47.7 Å². The highest BCUT2D eigenvalue weighted by molar-refractivity contribution is 6.29. The van der Waals surface area contributed by atoms with Crippen LogP contribution in [0, 0.1) is 0 Å². The number of nitrogens with zero attached hydrogens (tertiary/aromatic N) is 4. The second kappa shape index (κ2) is 6.21. The van der Waals surface area contributed by atoms with E-state index < -0.39 is 6.98 Å². The van der Waals surface area contributed by atoms with E-state index in [0.29, 0.717) is 23.0 Å². The summed E-state index contributed by atoms with van der Waals surface area (Å²) >= 11 is 6.06. The zero-order chi connectivity index (χ0) is 18.9. The fraction of sp³-hybridized carbons (Fsp3) is 0.200. The summed E-state index contributed by atoms with van der Waals surface area (Å²) in [7, 11) is 3.34. The van der Waals surface area contributed by atoms with Crippen LogP contribution in [-0.4, -0.2) is 33.9 Å². The first kappa shape index (κ1) is 11.8. The summed E-state index contributed by atoms with van der Waals surface area (Å²) in [5.41, 5.74) is 4.60. The Kier molecular flexibility index (Phi) is 3.20. The van der Waals surface area contributed by atoms with Gasteiger partial charge in [-0.2, -0.15) is 5.10 Å². The standard InChI is InChI=1S/C15H17ClN6O/c1-21-9-17-15(20-21)11-5-4-6-12(14(11)23-3)19-10-7-13(16)22(2)18-8-10/h4-9,18-19H,1-3H3/i2D3. The number of nitrogens with one attached hydrogen (secondary N) is 2. The average molecular weight is 336 g/mol. The molecule has 1 aromatic heterocycles. The number of allylic oxidation sites excluding steroid dienone is 1. The predicted molar refractivity (Wildman–Crippen MR) is 89.5 cm³/mol. The normalized spacial score (nSPS) is 16.5. The van der Waals surface area contributed by atoms with E-state index in [0.717, 1.165) is 10.6 Å². The second-order valence-electron chi connectivity index (χ2n) is 4.78. The Morgan fingerprint density at radius 1 is 1.43 bits per heavy atom. The highest BCUT2D eigenvalue weighted by Crippen LogP contribution is 2.35. The maximum Gasteiger partial charge on any atom is 0.184 e. The molecule has 0 unspecified atom stereocenters. The van der Waals surface area contributed by atoms with Gasteiger partial charge in [0.2, 0.25) is 0 Å². The van der Waals surface area contributed by atoms with E-state index in [9.17, 15) is 0 Å². The molecule has 0 fully saturated rings. The van der Waals surface area contributed by atoms with Crippen LogP contribution < -0.4 is 15.5 Å². The van der Waals surface area contributed by atoms with E-state index >= 15 is 0 Å². The number of methoxy groups -OCH3 is 1. The largest absolute Gasteiger partial charge is 0.494 e. The molecular formula is C15H17ClN6O. The Hall–Kier alpha value is -2.67. The van der Waals surface area contributed by atoms with Crippen LogP contribution >= 0.6 is 11.6 Å². The third-order valence-electron chi connectivity index (χ3n) is 3.18. The lowest BCUT2D eigenvalue weighted by Crippen LogP contribution is -2.31. The van der Waals surface area contributed by atoms with Gasteiger partial charge >= 0.3 is 0 Å². The fourth-order valence-corrected chi connectivity index (χ4v) is 2.32. The maximum absolute atomic E-state index is 7.42. The minimum atomic E-state index is -2.39. The molecule has 1 aromatic carbocycles. The zero-order valence-corrected chi connectivity index (χ0v) is 13.3. The summed E-state index contributed by atoms with van der Waals surface area (Å²) in [4.78, 5) is 4.25. The summed E-state index contributed by atoms with van der Waals surface area (Å²) in [6.45, 7) is -2.39. The van der Waals surface area contributed by atoms with Gasteiger partial charge in [-0.25, -0.2) is 4.98 Å². The first-order valence-electron chi connectivity index (χ1n) is 8.23. The van der Waals surface area contributed by atoms with Crippen molar-refractivity contribution in [2.45, 2.75) is 0 Å². The number of ether oxygens (including phenoxy) is 1. The first-order chi connectivity index (χ1) is 12.3. The van der Waals surface area contributed by atoms with Crippen molar-refractivity contribution in [1.29, 1.82) is 0 Å². The third-order valence-corrected chi connectivity index (χ3v) is 3.45. The summed E-state index contributed by atoms with van der Waals surface area (Å²) in [6.07, 6.45) is 4.62. The van der Waals surface area contributed by atoms with Gasteiger partial charge in [0.1, 0.15) is 11.5 Å². The van der Waals surface area contributed by atoms with Crippen LogP contribution in [0.25, 0.3) is 11.4 Å². The van der Waals surface area contributed by atoms with E-state index in [1.54, 1.807) is 25.2 Å². The monoisotopic (exact) mass is 335 g/mol. The lowest BCUT2D eigenvalue weighted by molar-refractivity contribution is 0.368. The second-order valence-corrected chi connectivity index (χ2v) is 5.17. The molecule has 0 spiro atoms. The van der Waals surface area contributed by atoms with Crippen LogP contribution in [0.5, 0.6) is 5.75 Å². The van der Waals surface area contributed by atoms with Gasteiger partial charge in [-0.15, -0.1) is 0 Å². The molecule has 0 saturated heterocycles. The Morgan fingerprint density at radius 2 is 2.30 bits per heavy atom. The number of rotatable bonds is 4. The van der Waals surface area contributed by atoms with Crippen molar-refractivity contribution in [3.8, 4) is 17.1 Å². The number of hydrazine groups is 1. The van der Waals surface area contributed by atoms with Crippen molar-refractivity contribution in [2.24, 2.45) is 7.05 Å². The Morgan fingerprint density at radius 3 is 2.96 bits per heavy atom. The van der Waals surface area contributed by atoms with Crippen molar-refractivity contribution in [3.63, 3.8) is 0 Å². The van der Waals surface area contributed by atoms with Crippen molar-refractivity contribution in [2.75, 3.05) is 19.4 Å². The Balaban J connectivity index is 1.89. The molecule has 2 heterocycles. The minimum absolute atomic E-state index is 0.0384. The molecule has 3 rings (SSSR count). The van der Waals surface area contributed by atoms with Gasteiger partial charge in [-0.1, -0.05) is 17.7 Å². The Labute approximate surface area is 143 Å². The molecule has 0 atom stereocenters. The molecule has 0 radical (unpaired) electrons. The molecule has 0 bridgehead atoms. The third kappa shape index (κ3) is 3.09. The number of hydrogen-bond donors (Lipinski definition) is 2. The van der Waals surface area contributed by atoms with Gasteiger partial charge in [-0.05, 0) is 18.2 Å². The Bertz CT molecular complexity index is 877. The fourth-order valence-electron chi connectivity index (χ4n) is 2.15. The molecule has 120 valence electrons. The lowest BCUT2D eigenvalue weighted by atomic mass is 10.1. The lowest BCUT2D eigenvalue weighted by Gasteiger charge is -2.24. The molecule has 0 saturated carbocycles.